The second-order valence-electron chi connectivity index (χ2n) is 5.33. The van der Waals surface area contributed by atoms with Gasteiger partial charge in [-0.3, -0.25) is 4.79 Å². The van der Waals surface area contributed by atoms with Gasteiger partial charge in [0.05, 0.1) is 38.6 Å². The second kappa shape index (κ2) is 8.16. The van der Waals surface area contributed by atoms with Gasteiger partial charge in [-0.1, -0.05) is 0 Å². The fraction of sp³-hybridized carbons (Fsp3) is 0.375. The molecule has 0 fully saturated rings. The van der Waals surface area contributed by atoms with Gasteiger partial charge >= 0.3 is 12.3 Å². The van der Waals surface area contributed by atoms with E-state index in [1.54, 1.807) is 0 Å². The van der Waals surface area contributed by atoms with Crippen LogP contribution in [0.25, 0.3) is 0 Å². The van der Waals surface area contributed by atoms with E-state index in [1.165, 1.54) is 18.1 Å². The van der Waals surface area contributed by atoms with Crippen molar-refractivity contribution in [2.45, 2.75) is 6.36 Å². The molecular formula is C16H17F3N2O6. The maximum atomic E-state index is 12.5. The molecule has 8 nitrogen and oxygen atoms in total. The van der Waals surface area contributed by atoms with Crippen molar-refractivity contribution < 1.29 is 42.1 Å². The Hall–Kier alpha value is -2.95. The molecule has 1 aliphatic rings. The summed E-state index contributed by atoms with van der Waals surface area (Å²) < 4.78 is 50.5. The van der Waals surface area contributed by atoms with Gasteiger partial charge in [-0.25, -0.2) is 4.79 Å². The number of amides is 1. The van der Waals surface area contributed by atoms with Crippen LogP contribution in [0.15, 0.2) is 29.5 Å². The third-order valence-electron chi connectivity index (χ3n) is 3.62. The first-order valence-electron chi connectivity index (χ1n) is 7.62. The quantitative estimate of drug-likeness (QED) is 0.677. The molecule has 1 heterocycles. The third-order valence-corrected chi connectivity index (χ3v) is 3.62. The zero-order chi connectivity index (χ0) is 20.2. The minimum Gasteiger partial charge on any atom is -0.494 e. The number of carbonyl (C=O) groups excluding carboxylic acids is 2. The molecule has 0 bridgehead atoms. The van der Waals surface area contributed by atoms with Gasteiger partial charge in [0.15, 0.2) is 0 Å². The van der Waals surface area contributed by atoms with Crippen LogP contribution in [0.1, 0.15) is 0 Å². The van der Waals surface area contributed by atoms with E-state index in [9.17, 15) is 22.8 Å². The number of methoxy groups -OCH3 is 2. The normalized spacial score (nSPS) is 14.4. The predicted molar refractivity (Wildman–Crippen MR) is 86.0 cm³/mol. The van der Waals surface area contributed by atoms with Gasteiger partial charge in [-0.15, -0.1) is 13.2 Å². The number of esters is 1. The van der Waals surface area contributed by atoms with Crippen LogP contribution in [0.2, 0.25) is 0 Å². The van der Waals surface area contributed by atoms with E-state index in [1.807, 2.05) is 0 Å². The van der Waals surface area contributed by atoms with Gasteiger partial charge in [0.1, 0.15) is 17.2 Å². The summed E-state index contributed by atoms with van der Waals surface area (Å²) in [7, 11) is 2.37. The third kappa shape index (κ3) is 4.82. The van der Waals surface area contributed by atoms with Gasteiger partial charge < -0.3 is 29.5 Å². The standard InChI is InChI=1S/C16H17F3N2O6/c1-25-12-7-9(27-16(17,18)19)3-4-11(12)20-13-10(15(24)26-2)8-21(5-6-22)14(13)23/h3-4,7,20,22H,5-6,8H2,1-2H3. The Morgan fingerprint density at radius 3 is 2.59 bits per heavy atom. The minimum absolute atomic E-state index is 0.00000299. The SMILES string of the molecule is COC(=O)C1=C(Nc2ccc(OC(F)(F)F)cc2OC)C(=O)N(CCO)C1. The summed E-state index contributed by atoms with van der Waals surface area (Å²) in [6.45, 7) is -0.383. The molecule has 2 rings (SSSR count). The molecule has 0 saturated heterocycles. The molecule has 1 aromatic carbocycles. The summed E-state index contributed by atoms with van der Waals surface area (Å²) in [6, 6.07) is 3.23. The first kappa shape index (κ1) is 20.4. The number of benzene rings is 1. The van der Waals surface area contributed by atoms with Crippen LogP contribution in [0.4, 0.5) is 18.9 Å². The van der Waals surface area contributed by atoms with Crippen molar-refractivity contribution in [3.8, 4) is 11.5 Å². The van der Waals surface area contributed by atoms with E-state index in [4.69, 9.17) is 9.84 Å². The molecule has 0 unspecified atom stereocenters. The Labute approximate surface area is 152 Å². The van der Waals surface area contributed by atoms with Crippen molar-refractivity contribution in [3.05, 3.63) is 29.5 Å². The lowest BCUT2D eigenvalue weighted by Crippen LogP contribution is -2.31. The molecule has 0 saturated carbocycles. The summed E-state index contributed by atoms with van der Waals surface area (Å²) in [5, 5.41) is 11.7. The van der Waals surface area contributed by atoms with E-state index < -0.39 is 24.0 Å². The molecule has 0 atom stereocenters. The average molecular weight is 390 g/mol. The second-order valence-corrected chi connectivity index (χ2v) is 5.33. The van der Waals surface area contributed by atoms with Crippen molar-refractivity contribution >= 4 is 17.6 Å². The maximum absolute atomic E-state index is 12.5. The number of nitrogens with one attached hydrogen (secondary N) is 1. The van der Waals surface area contributed by atoms with Gasteiger partial charge in [-0.05, 0) is 12.1 Å². The van der Waals surface area contributed by atoms with E-state index in [2.05, 4.69) is 14.8 Å². The number of nitrogens with zero attached hydrogens (tertiary/aromatic N) is 1. The van der Waals surface area contributed by atoms with Crippen LogP contribution < -0.4 is 14.8 Å². The van der Waals surface area contributed by atoms with E-state index in [-0.39, 0.29) is 42.4 Å². The average Bonchev–Trinajstić information content (AvgIpc) is 2.91. The lowest BCUT2D eigenvalue weighted by atomic mass is 10.2. The van der Waals surface area contributed by atoms with E-state index >= 15 is 0 Å². The zero-order valence-electron chi connectivity index (χ0n) is 14.4. The monoisotopic (exact) mass is 390 g/mol. The van der Waals surface area contributed by atoms with Crippen molar-refractivity contribution in [2.24, 2.45) is 0 Å². The van der Waals surface area contributed by atoms with Crippen LogP contribution in [0, 0.1) is 0 Å². The smallest absolute Gasteiger partial charge is 0.494 e. The number of ether oxygens (including phenoxy) is 3. The van der Waals surface area contributed by atoms with Gasteiger partial charge in [0.25, 0.3) is 5.91 Å². The first-order chi connectivity index (χ1) is 12.7. The molecule has 1 aliphatic heterocycles. The lowest BCUT2D eigenvalue weighted by molar-refractivity contribution is -0.274. The number of β-amino-alcohol motifs (C(OH)–C–C–N with tert-alkyl or cyclic N) is 1. The lowest BCUT2D eigenvalue weighted by Gasteiger charge is -2.16. The molecule has 0 aliphatic carbocycles. The topological polar surface area (TPSA) is 97.3 Å². The van der Waals surface area contributed by atoms with E-state index in [0.717, 1.165) is 19.2 Å². The minimum atomic E-state index is -4.87. The Morgan fingerprint density at radius 1 is 1.33 bits per heavy atom. The van der Waals surface area contributed by atoms with Gasteiger partial charge in [0, 0.05) is 12.6 Å². The van der Waals surface area contributed by atoms with Crippen LogP contribution in [0.3, 0.4) is 0 Å². The molecule has 11 heteroatoms. The number of aliphatic hydroxyl groups excluding tert-OH is 1. The van der Waals surface area contributed by atoms with Crippen molar-refractivity contribution in [1.82, 2.24) is 4.90 Å². The fourth-order valence-electron chi connectivity index (χ4n) is 2.46. The summed E-state index contributed by atoms with van der Waals surface area (Å²) in [5.74, 6) is -1.86. The fourth-order valence-corrected chi connectivity index (χ4v) is 2.46. The van der Waals surface area contributed by atoms with Crippen LogP contribution in [-0.4, -0.2) is 62.2 Å². The summed E-state index contributed by atoms with van der Waals surface area (Å²) in [6.07, 6.45) is -4.87. The highest BCUT2D eigenvalue weighted by Crippen LogP contribution is 2.34. The first-order valence-corrected chi connectivity index (χ1v) is 7.62. The number of carbonyl (C=O) groups is 2. The van der Waals surface area contributed by atoms with Crippen LogP contribution in [-0.2, 0) is 14.3 Å². The van der Waals surface area contributed by atoms with Crippen molar-refractivity contribution in [2.75, 3.05) is 39.2 Å². The molecule has 148 valence electrons. The Morgan fingerprint density at radius 2 is 2.04 bits per heavy atom. The highest BCUT2D eigenvalue weighted by molar-refractivity contribution is 6.08. The molecule has 0 aromatic heterocycles. The highest BCUT2D eigenvalue weighted by atomic mass is 19.4. The Kier molecular flexibility index (Phi) is 6.16. The molecule has 1 aromatic rings. The summed E-state index contributed by atoms with van der Waals surface area (Å²) >= 11 is 0. The Bertz CT molecular complexity index is 763. The summed E-state index contributed by atoms with van der Waals surface area (Å²) in [4.78, 5) is 25.6. The number of halogens is 3. The van der Waals surface area contributed by atoms with Gasteiger partial charge in [0.2, 0.25) is 0 Å². The zero-order valence-corrected chi connectivity index (χ0v) is 14.4. The van der Waals surface area contributed by atoms with Crippen molar-refractivity contribution in [3.63, 3.8) is 0 Å². The predicted octanol–water partition coefficient (Wildman–Crippen LogP) is 1.27. The number of hydrogen-bond donors (Lipinski definition) is 2. The number of aliphatic hydroxyl groups is 1. The summed E-state index contributed by atoms with van der Waals surface area (Å²) in [5.41, 5.74) is 0.0503. The molecule has 2 N–H and O–H groups in total. The van der Waals surface area contributed by atoms with Crippen molar-refractivity contribution in [1.29, 1.82) is 0 Å². The van der Waals surface area contributed by atoms with Gasteiger partial charge in [-0.2, -0.15) is 0 Å². The molecule has 27 heavy (non-hydrogen) atoms. The van der Waals surface area contributed by atoms with Crippen LogP contribution >= 0.6 is 0 Å². The molecule has 0 radical (unpaired) electrons. The van der Waals surface area contributed by atoms with Crippen LogP contribution in [0.5, 0.6) is 11.5 Å². The maximum Gasteiger partial charge on any atom is 0.573 e. The molecular weight excluding hydrogens is 373 g/mol. The molecule has 0 spiro atoms. The molecule has 1 amide bonds. The van der Waals surface area contributed by atoms with E-state index in [0.29, 0.717) is 0 Å². The number of rotatable bonds is 7. The number of anilines is 1. The number of alkyl halides is 3. The Balaban J connectivity index is 2.34. The number of hydrogen-bond acceptors (Lipinski definition) is 7. The largest absolute Gasteiger partial charge is 0.573 e. The highest BCUT2D eigenvalue weighted by Gasteiger charge is 2.35.